The number of aryl methyl sites for hydroxylation is 1. The third-order valence-corrected chi connectivity index (χ3v) is 7.23. The number of nitrogens with zero attached hydrogens (tertiary/aromatic N) is 4. The molecule has 0 saturated carbocycles. The number of hydrogen-bond donors (Lipinski definition) is 0. The molecule has 2 aliphatic heterocycles. The van der Waals surface area contributed by atoms with Gasteiger partial charge in [-0.05, 0) is 24.6 Å². The molecule has 9 heteroatoms. The Hall–Kier alpha value is -3.04. The van der Waals surface area contributed by atoms with E-state index in [9.17, 15) is 13.2 Å². The normalized spacial score (nSPS) is 17.3. The molecule has 2 aromatic heterocycles. The van der Waals surface area contributed by atoms with Crippen LogP contribution in [0, 0.1) is 6.92 Å². The zero-order valence-electron chi connectivity index (χ0n) is 16.4. The Kier molecular flexibility index (Phi) is 4.44. The molecule has 1 amide bonds. The average Bonchev–Trinajstić information content (AvgIpc) is 3.12. The van der Waals surface area contributed by atoms with Gasteiger partial charge in [-0.25, -0.2) is 13.1 Å². The monoisotopic (exact) mass is 424 g/mol. The van der Waals surface area contributed by atoms with Crippen LogP contribution in [-0.4, -0.2) is 60.3 Å². The van der Waals surface area contributed by atoms with Crippen LogP contribution in [0.15, 0.2) is 47.6 Å². The van der Waals surface area contributed by atoms with E-state index in [1.54, 1.807) is 46.2 Å². The van der Waals surface area contributed by atoms with Crippen LogP contribution in [0.5, 0.6) is 0 Å². The molecule has 0 spiro atoms. The van der Waals surface area contributed by atoms with Gasteiger partial charge in [-0.2, -0.15) is 5.10 Å². The summed E-state index contributed by atoms with van der Waals surface area (Å²) < 4.78 is 33.0. The molecule has 30 heavy (non-hydrogen) atoms. The highest BCUT2D eigenvalue weighted by atomic mass is 32.2. The van der Waals surface area contributed by atoms with Crippen LogP contribution in [0.4, 0.5) is 0 Å². The van der Waals surface area contributed by atoms with Gasteiger partial charge in [0, 0.05) is 30.4 Å². The highest BCUT2D eigenvalue weighted by Gasteiger charge is 2.37. The van der Waals surface area contributed by atoms with Crippen molar-refractivity contribution in [3.63, 3.8) is 0 Å². The highest BCUT2D eigenvalue weighted by molar-refractivity contribution is 7.90. The number of sulfone groups is 1. The summed E-state index contributed by atoms with van der Waals surface area (Å²) in [4.78, 5) is 19.4. The summed E-state index contributed by atoms with van der Waals surface area (Å²) in [6, 6.07) is 8.72. The summed E-state index contributed by atoms with van der Waals surface area (Å²) in [5.41, 5.74) is 3.43. The predicted octanol–water partition coefficient (Wildman–Crippen LogP) is 2.00. The minimum atomic E-state index is -3.59. The molecule has 2 aliphatic rings. The Balaban J connectivity index is 1.78. The zero-order chi connectivity index (χ0) is 20.9. The molecule has 3 aromatic rings. The summed E-state index contributed by atoms with van der Waals surface area (Å²) in [5.74, 6) is -0.534. The van der Waals surface area contributed by atoms with Crippen molar-refractivity contribution in [2.24, 2.45) is 0 Å². The number of carbonyl (C=O) groups excluding carboxylic acids is 1. The fourth-order valence-electron chi connectivity index (χ4n) is 4.00. The number of pyridine rings is 1. The largest absolute Gasteiger partial charge is 0.378 e. The lowest BCUT2D eigenvalue weighted by Crippen LogP contribution is -2.41. The van der Waals surface area contributed by atoms with Crippen LogP contribution in [0.1, 0.15) is 21.6 Å². The smallest absolute Gasteiger partial charge is 0.274 e. The van der Waals surface area contributed by atoms with Crippen LogP contribution in [-0.2, 0) is 20.3 Å². The molecule has 0 radical (unpaired) electrons. The minimum absolute atomic E-state index is 0.174. The van der Waals surface area contributed by atoms with E-state index in [1.807, 2.05) is 13.0 Å². The maximum absolute atomic E-state index is 13.3. The lowest BCUT2D eigenvalue weighted by Gasteiger charge is -2.26. The fourth-order valence-corrected chi connectivity index (χ4v) is 5.60. The van der Waals surface area contributed by atoms with E-state index >= 15 is 0 Å². The topological polar surface area (TPSA) is 94.4 Å². The summed E-state index contributed by atoms with van der Waals surface area (Å²) in [7, 11) is -3.59. The molecule has 5 rings (SSSR count). The Morgan fingerprint density at radius 3 is 2.67 bits per heavy atom. The SMILES string of the molecule is Cc1ccncc1-n1nc(C(=O)N2CCOCC2)c2c1-c1ccccc1S(=O)(=O)C2. The van der Waals surface area contributed by atoms with Crippen molar-refractivity contribution in [1.82, 2.24) is 19.7 Å². The van der Waals surface area contributed by atoms with Gasteiger partial charge in [0.1, 0.15) is 0 Å². The van der Waals surface area contributed by atoms with Gasteiger partial charge < -0.3 is 9.64 Å². The first kappa shape index (κ1) is 19.0. The third-order valence-electron chi connectivity index (χ3n) is 5.54. The van der Waals surface area contributed by atoms with Crippen molar-refractivity contribution in [3.8, 4) is 16.9 Å². The van der Waals surface area contributed by atoms with Crippen molar-refractivity contribution in [2.75, 3.05) is 26.3 Å². The quantitative estimate of drug-likeness (QED) is 0.625. The molecular formula is C21H20N4O4S. The molecule has 1 aromatic carbocycles. The molecule has 8 nitrogen and oxygen atoms in total. The van der Waals surface area contributed by atoms with Gasteiger partial charge in [0.2, 0.25) is 0 Å². The number of benzene rings is 1. The predicted molar refractivity (Wildman–Crippen MR) is 109 cm³/mol. The van der Waals surface area contributed by atoms with Crippen molar-refractivity contribution in [3.05, 3.63) is 59.5 Å². The first-order chi connectivity index (χ1) is 14.5. The lowest BCUT2D eigenvalue weighted by molar-refractivity contribution is 0.0298. The molecule has 0 atom stereocenters. The van der Waals surface area contributed by atoms with Gasteiger partial charge in [0.15, 0.2) is 15.5 Å². The van der Waals surface area contributed by atoms with Gasteiger partial charge in [-0.3, -0.25) is 9.78 Å². The number of ether oxygens (including phenoxy) is 1. The standard InChI is InChI=1S/C21H20N4O4S/c1-14-6-7-22-12-17(14)25-20-15-4-2-3-5-18(15)30(27,28)13-16(20)19(23-25)21(26)24-8-10-29-11-9-24/h2-7,12H,8-11,13H2,1H3. The Labute approximate surface area is 174 Å². The molecule has 1 fully saturated rings. The van der Waals surface area contributed by atoms with Gasteiger partial charge in [-0.1, -0.05) is 18.2 Å². The first-order valence-electron chi connectivity index (χ1n) is 9.69. The van der Waals surface area contributed by atoms with E-state index in [4.69, 9.17) is 4.74 Å². The first-order valence-corrected chi connectivity index (χ1v) is 11.3. The minimum Gasteiger partial charge on any atom is -0.378 e. The van der Waals surface area contributed by atoms with Crippen LogP contribution < -0.4 is 0 Å². The van der Waals surface area contributed by atoms with E-state index in [2.05, 4.69) is 10.1 Å². The summed E-state index contributed by atoms with van der Waals surface area (Å²) >= 11 is 0. The highest BCUT2D eigenvalue weighted by Crippen LogP contribution is 2.41. The number of carbonyl (C=O) groups is 1. The zero-order valence-corrected chi connectivity index (χ0v) is 17.2. The average molecular weight is 424 g/mol. The Bertz CT molecular complexity index is 1260. The van der Waals surface area contributed by atoms with Crippen molar-refractivity contribution < 1.29 is 17.9 Å². The van der Waals surface area contributed by atoms with Crippen molar-refractivity contribution in [1.29, 1.82) is 0 Å². The van der Waals surface area contributed by atoms with Crippen LogP contribution in [0.3, 0.4) is 0 Å². The Morgan fingerprint density at radius 2 is 1.90 bits per heavy atom. The van der Waals surface area contributed by atoms with Crippen molar-refractivity contribution >= 4 is 15.7 Å². The second-order valence-corrected chi connectivity index (χ2v) is 9.37. The maximum atomic E-state index is 13.3. The van der Waals surface area contributed by atoms with Crippen LogP contribution in [0.25, 0.3) is 16.9 Å². The maximum Gasteiger partial charge on any atom is 0.274 e. The fraction of sp³-hybridized carbons (Fsp3) is 0.286. The van der Waals surface area contributed by atoms with Gasteiger partial charge in [-0.15, -0.1) is 0 Å². The van der Waals surface area contributed by atoms with Gasteiger partial charge >= 0.3 is 0 Å². The van der Waals surface area contributed by atoms with E-state index < -0.39 is 9.84 Å². The van der Waals surface area contributed by atoms with E-state index in [0.717, 1.165) is 5.56 Å². The molecular weight excluding hydrogens is 404 g/mol. The molecule has 0 N–H and O–H groups in total. The lowest BCUT2D eigenvalue weighted by atomic mass is 10.0. The van der Waals surface area contributed by atoms with Gasteiger partial charge in [0.25, 0.3) is 5.91 Å². The van der Waals surface area contributed by atoms with Crippen LogP contribution >= 0.6 is 0 Å². The van der Waals surface area contributed by atoms with E-state index in [1.165, 1.54) is 0 Å². The molecule has 1 saturated heterocycles. The number of fused-ring (bicyclic) bond motifs is 3. The summed E-state index contributed by atoms with van der Waals surface area (Å²) in [5, 5.41) is 4.64. The van der Waals surface area contributed by atoms with Crippen molar-refractivity contribution in [2.45, 2.75) is 17.6 Å². The number of hydrogen-bond acceptors (Lipinski definition) is 6. The molecule has 154 valence electrons. The van der Waals surface area contributed by atoms with Gasteiger partial charge in [0.05, 0.1) is 41.4 Å². The number of rotatable bonds is 2. The van der Waals surface area contributed by atoms with E-state index in [0.29, 0.717) is 48.8 Å². The second kappa shape index (κ2) is 7.03. The summed E-state index contributed by atoms with van der Waals surface area (Å²) in [6.07, 6.45) is 3.37. The molecule has 0 aliphatic carbocycles. The molecule has 0 bridgehead atoms. The second-order valence-electron chi connectivity index (χ2n) is 7.41. The Morgan fingerprint density at radius 1 is 1.13 bits per heavy atom. The molecule has 0 unspecified atom stereocenters. The number of amides is 1. The summed E-state index contributed by atoms with van der Waals surface area (Å²) in [6.45, 7) is 3.75. The number of morpholine rings is 1. The van der Waals surface area contributed by atoms with E-state index in [-0.39, 0.29) is 22.2 Å². The van der Waals surface area contributed by atoms with Crippen LogP contribution in [0.2, 0.25) is 0 Å². The molecule has 4 heterocycles. The number of aromatic nitrogens is 3. The third kappa shape index (κ3) is 2.93.